The summed E-state index contributed by atoms with van der Waals surface area (Å²) in [5.41, 5.74) is 0. The van der Waals surface area contributed by atoms with Crippen LogP contribution in [0.4, 0.5) is 0 Å². The molecule has 0 atom stereocenters. The van der Waals surface area contributed by atoms with Gasteiger partial charge in [-0.15, -0.1) is 0 Å². The number of rotatable bonds is 1. The fraction of sp³-hybridized carbons (Fsp3) is 0. The standard InChI is InChI=1S/C9H5ClO3/c10-6-2-1-5-4-13-8(9(11)12)7(5)3-6/h1-4H,(H,11,12). The summed E-state index contributed by atoms with van der Waals surface area (Å²) >= 11 is 5.72. The Morgan fingerprint density at radius 1 is 1.46 bits per heavy atom. The van der Waals surface area contributed by atoms with Crippen molar-refractivity contribution < 1.29 is 14.3 Å². The number of benzene rings is 1. The van der Waals surface area contributed by atoms with E-state index in [1.54, 1.807) is 18.2 Å². The van der Waals surface area contributed by atoms with Gasteiger partial charge in [-0.05, 0) is 18.2 Å². The van der Waals surface area contributed by atoms with Crippen molar-refractivity contribution in [2.45, 2.75) is 0 Å². The number of furan rings is 1. The number of carboxylic acid groups (broad SMARTS) is 1. The smallest absolute Gasteiger partial charge is 0.372 e. The molecule has 2 aromatic rings. The van der Waals surface area contributed by atoms with E-state index in [1.807, 2.05) is 0 Å². The van der Waals surface area contributed by atoms with Gasteiger partial charge in [0.1, 0.15) is 0 Å². The molecule has 0 saturated carbocycles. The van der Waals surface area contributed by atoms with Gasteiger partial charge in [0.15, 0.2) is 0 Å². The van der Waals surface area contributed by atoms with Gasteiger partial charge in [-0.1, -0.05) is 11.6 Å². The second-order valence-corrected chi connectivity index (χ2v) is 3.04. The fourth-order valence-corrected chi connectivity index (χ4v) is 1.35. The van der Waals surface area contributed by atoms with Gasteiger partial charge in [-0.3, -0.25) is 0 Å². The molecule has 0 saturated heterocycles. The van der Waals surface area contributed by atoms with E-state index in [9.17, 15) is 4.79 Å². The molecule has 66 valence electrons. The Balaban J connectivity index is 2.79. The zero-order chi connectivity index (χ0) is 9.42. The van der Waals surface area contributed by atoms with E-state index >= 15 is 0 Å². The highest BCUT2D eigenvalue weighted by atomic mass is 35.5. The van der Waals surface area contributed by atoms with Crippen LogP contribution in [0.15, 0.2) is 28.9 Å². The van der Waals surface area contributed by atoms with E-state index in [2.05, 4.69) is 0 Å². The summed E-state index contributed by atoms with van der Waals surface area (Å²) in [6, 6.07) is 4.97. The van der Waals surface area contributed by atoms with Crippen molar-refractivity contribution in [2.75, 3.05) is 0 Å². The Labute approximate surface area is 78.5 Å². The van der Waals surface area contributed by atoms with Gasteiger partial charge >= 0.3 is 5.97 Å². The van der Waals surface area contributed by atoms with Gasteiger partial charge in [0.05, 0.1) is 6.26 Å². The predicted molar refractivity (Wildman–Crippen MR) is 48.2 cm³/mol. The molecule has 13 heavy (non-hydrogen) atoms. The average molecular weight is 197 g/mol. The van der Waals surface area contributed by atoms with Crippen LogP contribution in [-0.2, 0) is 0 Å². The Morgan fingerprint density at radius 2 is 2.23 bits per heavy atom. The van der Waals surface area contributed by atoms with Crippen LogP contribution in [0.25, 0.3) is 10.8 Å². The summed E-state index contributed by atoms with van der Waals surface area (Å²) in [6.07, 6.45) is 1.40. The van der Waals surface area contributed by atoms with Crippen molar-refractivity contribution >= 4 is 28.3 Å². The van der Waals surface area contributed by atoms with Gasteiger partial charge < -0.3 is 9.52 Å². The highest BCUT2D eigenvalue weighted by Gasteiger charge is 2.12. The predicted octanol–water partition coefficient (Wildman–Crippen LogP) is 2.78. The lowest BCUT2D eigenvalue weighted by Crippen LogP contribution is -1.93. The number of hydrogen-bond donors (Lipinski definition) is 1. The van der Waals surface area contributed by atoms with Gasteiger partial charge in [0.2, 0.25) is 5.76 Å². The Bertz CT molecular complexity index is 473. The van der Waals surface area contributed by atoms with E-state index in [-0.39, 0.29) is 5.76 Å². The molecule has 0 aliphatic carbocycles. The molecule has 4 heteroatoms. The minimum Gasteiger partial charge on any atom is -0.475 e. The number of carboxylic acids is 1. The van der Waals surface area contributed by atoms with Crippen LogP contribution in [0.2, 0.25) is 5.02 Å². The number of carbonyl (C=O) groups is 1. The van der Waals surface area contributed by atoms with Crippen LogP contribution in [-0.4, -0.2) is 11.1 Å². The summed E-state index contributed by atoms with van der Waals surface area (Å²) in [7, 11) is 0. The molecule has 0 aliphatic rings. The van der Waals surface area contributed by atoms with E-state index in [4.69, 9.17) is 21.1 Å². The molecule has 0 fully saturated rings. The first-order valence-corrected chi connectivity index (χ1v) is 3.96. The lowest BCUT2D eigenvalue weighted by atomic mass is 10.2. The molecule has 0 amide bonds. The summed E-state index contributed by atoms with van der Waals surface area (Å²) in [5, 5.41) is 10.5. The molecule has 0 spiro atoms. The number of aromatic carboxylic acids is 1. The van der Waals surface area contributed by atoms with Gasteiger partial charge in [-0.25, -0.2) is 4.79 Å². The zero-order valence-corrected chi connectivity index (χ0v) is 7.21. The maximum atomic E-state index is 10.7. The Hall–Kier alpha value is -1.48. The van der Waals surface area contributed by atoms with Crippen LogP contribution in [0.1, 0.15) is 10.6 Å². The van der Waals surface area contributed by atoms with Crippen LogP contribution in [0.3, 0.4) is 0 Å². The minimum atomic E-state index is -1.09. The summed E-state index contributed by atoms with van der Waals surface area (Å²) < 4.78 is 4.87. The second kappa shape index (κ2) is 2.78. The highest BCUT2D eigenvalue weighted by Crippen LogP contribution is 2.24. The van der Waals surface area contributed by atoms with Crippen molar-refractivity contribution in [3.8, 4) is 0 Å². The molecule has 0 bridgehead atoms. The van der Waals surface area contributed by atoms with E-state index in [0.29, 0.717) is 10.4 Å². The third-order valence-electron chi connectivity index (χ3n) is 1.76. The van der Waals surface area contributed by atoms with Crippen LogP contribution in [0, 0.1) is 0 Å². The van der Waals surface area contributed by atoms with Crippen molar-refractivity contribution in [3.05, 3.63) is 35.2 Å². The van der Waals surface area contributed by atoms with Crippen LogP contribution < -0.4 is 0 Å². The third-order valence-corrected chi connectivity index (χ3v) is 1.99. The minimum absolute atomic E-state index is 0.0718. The van der Waals surface area contributed by atoms with Gasteiger partial charge in [0, 0.05) is 15.8 Å². The monoisotopic (exact) mass is 196 g/mol. The number of fused-ring (bicyclic) bond motifs is 1. The van der Waals surface area contributed by atoms with E-state index in [1.165, 1.54) is 6.26 Å². The van der Waals surface area contributed by atoms with Crippen molar-refractivity contribution in [2.24, 2.45) is 0 Å². The number of halogens is 1. The maximum absolute atomic E-state index is 10.7. The lowest BCUT2D eigenvalue weighted by Gasteiger charge is -1.91. The SMILES string of the molecule is O=C(O)c1occ2ccc(Cl)cc12. The van der Waals surface area contributed by atoms with Crippen molar-refractivity contribution in [3.63, 3.8) is 0 Å². The first-order chi connectivity index (χ1) is 6.18. The quantitative estimate of drug-likeness (QED) is 0.763. The third kappa shape index (κ3) is 1.27. The van der Waals surface area contributed by atoms with Gasteiger partial charge in [-0.2, -0.15) is 0 Å². The number of hydrogen-bond acceptors (Lipinski definition) is 2. The summed E-state index contributed by atoms with van der Waals surface area (Å²) in [5.74, 6) is -1.16. The summed E-state index contributed by atoms with van der Waals surface area (Å²) in [6.45, 7) is 0. The fourth-order valence-electron chi connectivity index (χ4n) is 1.18. The van der Waals surface area contributed by atoms with Crippen LogP contribution >= 0.6 is 11.6 Å². The lowest BCUT2D eigenvalue weighted by molar-refractivity contribution is 0.0665. The molecule has 0 unspecified atom stereocenters. The molecule has 0 aliphatic heterocycles. The van der Waals surface area contributed by atoms with E-state index in [0.717, 1.165) is 5.39 Å². The molecule has 3 nitrogen and oxygen atoms in total. The molecule has 1 N–H and O–H groups in total. The van der Waals surface area contributed by atoms with Crippen molar-refractivity contribution in [1.82, 2.24) is 0 Å². The Morgan fingerprint density at radius 3 is 2.92 bits per heavy atom. The molecule has 1 heterocycles. The molecule has 1 aromatic heterocycles. The van der Waals surface area contributed by atoms with Crippen LogP contribution in [0.5, 0.6) is 0 Å². The van der Waals surface area contributed by atoms with Crippen molar-refractivity contribution in [1.29, 1.82) is 0 Å². The molecule has 2 rings (SSSR count). The Kier molecular flexibility index (Phi) is 1.74. The first-order valence-electron chi connectivity index (χ1n) is 3.58. The average Bonchev–Trinajstić information content (AvgIpc) is 2.46. The first kappa shape index (κ1) is 8.13. The van der Waals surface area contributed by atoms with Gasteiger partial charge in [0.25, 0.3) is 0 Å². The summed E-state index contributed by atoms with van der Waals surface area (Å²) in [4.78, 5) is 10.7. The molecular formula is C9H5ClO3. The second-order valence-electron chi connectivity index (χ2n) is 2.60. The molecular weight excluding hydrogens is 192 g/mol. The normalized spacial score (nSPS) is 10.5. The maximum Gasteiger partial charge on any atom is 0.372 e. The largest absolute Gasteiger partial charge is 0.475 e. The zero-order valence-electron chi connectivity index (χ0n) is 6.45. The molecule has 0 radical (unpaired) electrons. The highest BCUT2D eigenvalue weighted by molar-refractivity contribution is 6.31. The molecule has 1 aromatic carbocycles. The van der Waals surface area contributed by atoms with E-state index < -0.39 is 5.97 Å². The topological polar surface area (TPSA) is 50.4 Å².